The van der Waals surface area contributed by atoms with E-state index in [1.807, 2.05) is 42.4 Å². The van der Waals surface area contributed by atoms with Gasteiger partial charge in [0.2, 0.25) is 23.6 Å². The van der Waals surface area contributed by atoms with Gasteiger partial charge in [-0.2, -0.15) is 20.4 Å². The van der Waals surface area contributed by atoms with E-state index in [0.717, 1.165) is 116 Å². The topological polar surface area (TPSA) is 360 Å². The molecule has 0 aromatic carbocycles. The lowest BCUT2D eigenvalue weighted by molar-refractivity contribution is -0.133. The highest BCUT2D eigenvalue weighted by molar-refractivity contribution is 14.1. The van der Waals surface area contributed by atoms with E-state index in [1.165, 1.54) is 37.5 Å². The lowest BCUT2D eigenvalue weighted by atomic mass is 10.1. The molecule has 28 nitrogen and oxygen atoms in total. The third-order valence-electron chi connectivity index (χ3n) is 15.5. The zero-order valence-electron chi connectivity index (χ0n) is 47.7. The largest absolute Gasteiger partial charge is 0.383 e. The van der Waals surface area contributed by atoms with Crippen molar-refractivity contribution in [2.75, 3.05) is 75.3 Å². The number of nitrogen functional groups attached to an aromatic ring is 4. The number of hydrogen-bond acceptors (Lipinski definition) is 20. The Bertz CT molecular complexity index is 3550. The number of carbonyl (C=O) groups excluding carboxylic acids is 4. The molecule has 8 aromatic heterocycles. The van der Waals surface area contributed by atoms with Gasteiger partial charge in [0.05, 0.1) is 45.7 Å². The number of amides is 4. The second-order valence-corrected chi connectivity index (χ2v) is 24.4. The normalized spacial score (nSPS) is 18.9. The first-order valence-corrected chi connectivity index (χ1v) is 31.9. The lowest BCUT2D eigenvalue weighted by Crippen LogP contribution is -2.40. The molecule has 0 unspecified atom stereocenters. The molecule has 4 aliphatic heterocycles. The molecular formula is C54H68Br3IN24O4. The molecule has 4 amide bonds. The van der Waals surface area contributed by atoms with E-state index in [2.05, 4.69) is 144 Å². The van der Waals surface area contributed by atoms with Crippen molar-refractivity contribution >= 4 is 161 Å². The van der Waals surface area contributed by atoms with Crippen LogP contribution in [0.15, 0.2) is 64.4 Å². The number of fused-ring (bicyclic) bond motifs is 4. The molecule has 86 heavy (non-hydrogen) atoms. The molecule has 4 saturated heterocycles. The van der Waals surface area contributed by atoms with Crippen LogP contribution in [0.1, 0.15) is 115 Å². The minimum atomic E-state index is -0.0515. The first kappa shape index (κ1) is 63.4. The van der Waals surface area contributed by atoms with E-state index in [-0.39, 0.29) is 47.8 Å². The van der Waals surface area contributed by atoms with Crippen molar-refractivity contribution in [3.63, 3.8) is 0 Å². The highest BCUT2D eigenvalue weighted by Gasteiger charge is 2.32. The average molecular weight is 1480 g/mol. The molecule has 0 radical (unpaired) electrons. The summed E-state index contributed by atoms with van der Waals surface area (Å²) in [5.41, 5.74) is 26.5. The molecular weight excluding hydrogens is 1420 g/mol. The first-order chi connectivity index (χ1) is 41.5. The number of anilines is 4. The smallest absolute Gasteiger partial charge is 0.246 e. The maximum Gasteiger partial charge on any atom is 0.246 e. The Hall–Kier alpha value is -7.07. The second kappa shape index (κ2) is 28.6. The monoisotopic (exact) mass is 1480 g/mol. The molecule has 4 fully saturated rings. The SMILES string of the molecule is C=CC(=O)N1CCC[C@@H](n2nc(Br)c3c(N)ncnc32)C1.C=CC(=O)N1CCC[C@@H](n2nc(I)c3c(N)ncnc32)C1.CCCC(=O)N1CCC[C@@H](n2nc(Br)c3c(N)ncnc32)C1.CCCC(=O)N1CCC[C@@H](n2nc(Br)c3c(N)ncnc32)C1. The van der Waals surface area contributed by atoms with Crippen LogP contribution in [0.3, 0.4) is 0 Å². The Morgan fingerprint density at radius 1 is 0.477 bits per heavy atom. The van der Waals surface area contributed by atoms with Crippen LogP contribution in [0.4, 0.5) is 23.3 Å². The summed E-state index contributed by atoms with van der Waals surface area (Å²) in [6.45, 7) is 16.9. The highest BCUT2D eigenvalue weighted by atomic mass is 127. The third-order valence-corrected chi connectivity index (χ3v) is 17.9. The third kappa shape index (κ3) is 13.9. The Balaban J connectivity index is 0.000000137. The fourth-order valence-corrected chi connectivity index (χ4v) is 13.7. The van der Waals surface area contributed by atoms with E-state index in [9.17, 15) is 19.2 Å². The summed E-state index contributed by atoms with van der Waals surface area (Å²) >= 11 is 12.4. The average Bonchev–Trinajstić information content (AvgIpc) is 2.05. The number of nitrogens with zero attached hydrogens (tertiary/aromatic N) is 20. The van der Waals surface area contributed by atoms with Crippen molar-refractivity contribution in [3.05, 3.63) is 68.1 Å². The number of aromatic nitrogens is 16. The van der Waals surface area contributed by atoms with Gasteiger partial charge < -0.3 is 42.5 Å². The fraction of sp³-hybridized carbons (Fsp3) is 0.481. The minimum Gasteiger partial charge on any atom is -0.383 e. The zero-order valence-corrected chi connectivity index (χ0v) is 54.6. The summed E-state index contributed by atoms with van der Waals surface area (Å²) in [6.07, 6.45) is 19.1. The maximum atomic E-state index is 12.1. The zero-order chi connectivity index (χ0) is 61.3. The molecule has 0 bridgehead atoms. The molecule has 8 N–H and O–H groups in total. The number of halogens is 4. The van der Waals surface area contributed by atoms with Crippen molar-refractivity contribution in [1.82, 2.24) is 98.6 Å². The van der Waals surface area contributed by atoms with Gasteiger partial charge in [-0.15, -0.1) is 0 Å². The number of rotatable bonds is 10. The summed E-state index contributed by atoms with van der Waals surface area (Å²) in [5, 5.41) is 21.1. The maximum absolute atomic E-state index is 12.1. The van der Waals surface area contributed by atoms with Crippen LogP contribution < -0.4 is 22.9 Å². The van der Waals surface area contributed by atoms with Gasteiger partial charge in [-0.3, -0.25) is 19.2 Å². The van der Waals surface area contributed by atoms with Crippen LogP contribution in [-0.2, 0) is 19.2 Å². The standard InChI is InChI=1S/2C14H19BrN6O.C13H15BrN6O.C13H15IN6O/c2*1-2-4-10(22)20-6-3-5-9(7-20)21-14-11(12(15)19-21)13(16)17-8-18-14;2*1-2-9(21)19-5-3-4-8(6-19)20-13-10(11(14)18-20)12(15)16-7-17-13/h2*8-9H,2-7H2,1H3,(H2,16,17,18);2*2,7-8H,1,3-6H2,(H2,15,16,17)/t2*9-;2*8-/m1111/s1. The van der Waals surface area contributed by atoms with Crippen molar-refractivity contribution in [2.24, 2.45) is 0 Å². The molecule has 0 aliphatic carbocycles. The predicted molar refractivity (Wildman–Crippen MR) is 344 cm³/mol. The Morgan fingerprint density at radius 2 is 0.756 bits per heavy atom. The van der Waals surface area contributed by atoms with E-state index in [1.54, 1.807) is 9.80 Å². The Kier molecular flexibility index (Phi) is 21.1. The van der Waals surface area contributed by atoms with Crippen molar-refractivity contribution in [2.45, 2.75) is 115 Å². The molecule has 0 saturated carbocycles. The predicted octanol–water partition coefficient (Wildman–Crippen LogP) is 7.15. The number of hydrogen-bond donors (Lipinski definition) is 4. The van der Waals surface area contributed by atoms with Gasteiger partial charge in [0.1, 0.15) is 66.1 Å². The summed E-state index contributed by atoms with van der Waals surface area (Å²) < 4.78 is 10.2. The number of carbonyl (C=O) groups is 4. The van der Waals surface area contributed by atoms with Crippen LogP contribution in [0, 0.1) is 3.70 Å². The summed E-state index contributed by atoms with van der Waals surface area (Å²) in [6, 6.07) is 0.420. The molecule has 4 atom stereocenters. The van der Waals surface area contributed by atoms with Gasteiger partial charge in [-0.1, -0.05) is 27.0 Å². The number of likely N-dealkylation sites (tertiary alicyclic amines) is 4. The quantitative estimate of drug-likeness (QED) is 0.0779. The fourth-order valence-electron chi connectivity index (χ4n) is 11.3. The number of nitrogens with two attached hydrogens (primary N) is 4. The van der Waals surface area contributed by atoms with E-state index >= 15 is 0 Å². The molecule has 32 heteroatoms. The summed E-state index contributed by atoms with van der Waals surface area (Å²) in [5.74, 6) is 2.01. The van der Waals surface area contributed by atoms with Gasteiger partial charge in [0.15, 0.2) is 22.6 Å². The van der Waals surface area contributed by atoms with E-state index < -0.39 is 0 Å². The van der Waals surface area contributed by atoms with E-state index in [0.29, 0.717) is 98.4 Å². The van der Waals surface area contributed by atoms with Crippen LogP contribution >= 0.6 is 70.4 Å². The van der Waals surface area contributed by atoms with Crippen LogP contribution in [0.2, 0.25) is 0 Å². The summed E-state index contributed by atoms with van der Waals surface area (Å²) in [7, 11) is 0. The first-order valence-electron chi connectivity index (χ1n) is 28.4. The molecule has 8 aromatic rings. The van der Waals surface area contributed by atoms with Crippen molar-refractivity contribution in [3.8, 4) is 0 Å². The summed E-state index contributed by atoms with van der Waals surface area (Å²) in [4.78, 5) is 88.6. The van der Waals surface area contributed by atoms with Gasteiger partial charge in [0, 0.05) is 65.2 Å². The van der Waals surface area contributed by atoms with E-state index in [4.69, 9.17) is 22.9 Å². The van der Waals surface area contributed by atoms with Gasteiger partial charge in [-0.05, 0) is 147 Å². The van der Waals surface area contributed by atoms with Gasteiger partial charge in [0.25, 0.3) is 0 Å². The van der Waals surface area contributed by atoms with Crippen molar-refractivity contribution < 1.29 is 19.2 Å². The Morgan fingerprint density at radius 3 is 1.07 bits per heavy atom. The van der Waals surface area contributed by atoms with Crippen LogP contribution in [0.25, 0.3) is 44.1 Å². The van der Waals surface area contributed by atoms with Crippen molar-refractivity contribution in [1.29, 1.82) is 0 Å². The van der Waals surface area contributed by atoms with Gasteiger partial charge in [-0.25, -0.2) is 58.6 Å². The molecule has 12 heterocycles. The minimum absolute atomic E-state index is 0.0417. The second-order valence-electron chi connectivity index (χ2n) is 21.1. The molecule has 456 valence electrons. The Labute approximate surface area is 533 Å². The molecule has 0 spiro atoms. The highest BCUT2D eigenvalue weighted by Crippen LogP contribution is 2.35. The lowest BCUT2D eigenvalue weighted by Gasteiger charge is -2.33. The van der Waals surface area contributed by atoms with Crippen LogP contribution in [-0.4, -0.2) is 175 Å². The number of piperidine rings is 4. The molecule has 12 rings (SSSR count). The molecule has 4 aliphatic rings. The van der Waals surface area contributed by atoms with Crippen LogP contribution in [0.5, 0.6) is 0 Å². The van der Waals surface area contributed by atoms with Gasteiger partial charge >= 0.3 is 0 Å².